The van der Waals surface area contributed by atoms with Gasteiger partial charge in [0.25, 0.3) is 0 Å². The molecular weight excluding hydrogens is 253 g/mol. The van der Waals surface area contributed by atoms with Crippen molar-refractivity contribution in [3.05, 3.63) is 35.4 Å². The average molecular weight is 270 g/mol. The van der Waals surface area contributed by atoms with E-state index in [1.807, 2.05) is 0 Å². The fourth-order valence-corrected chi connectivity index (χ4v) is 3.65. The molecule has 2 bridgehead atoms. The Bertz CT molecular complexity index is 469. The van der Waals surface area contributed by atoms with Crippen LogP contribution in [0.3, 0.4) is 0 Å². The second-order valence-corrected chi connectivity index (χ2v) is 5.63. The van der Waals surface area contributed by atoms with Crippen LogP contribution in [-0.2, 0) is 11.6 Å². The lowest BCUT2D eigenvalue weighted by Crippen LogP contribution is -2.45. The first-order valence-corrected chi connectivity index (χ1v) is 6.59. The molecular formula is C14H17F3N2. The number of rotatable bonds is 2. The zero-order valence-electron chi connectivity index (χ0n) is 10.5. The van der Waals surface area contributed by atoms with E-state index >= 15 is 0 Å². The SMILES string of the molecule is NCC1(c2ccc(C(F)(F)F)cc2)CC2CCC1N2. The third-order valence-corrected chi connectivity index (χ3v) is 4.67. The summed E-state index contributed by atoms with van der Waals surface area (Å²) in [5, 5.41) is 3.51. The third kappa shape index (κ3) is 1.96. The van der Waals surface area contributed by atoms with Gasteiger partial charge < -0.3 is 11.1 Å². The van der Waals surface area contributed by atoms with Gasteiger partial charge in [-0.1, -0.05) is 12.1 Å². The Kier molecular flexibility index (Phi) is 2.87. The molecule has 3 rings (SSSR count). The van der Waals surface area contributed by atoms with Crippen LogP contribution in [0.4, 0.5) is 13.2 Å². The highest BCUT2D eigenvalue weighted by Gasteiger charge is 2.50. The van der Waals surface area contributed by atoms with E-state index in [1.165, 1.54) is 12.1 Å². The molecule has 0 spiro atoms. The van der Waals surface area contributed by atoms with Gasteiger partial charge >= 0.3 is 6.18 Å². The Hall–Kier alpha value is -1.07. The minimum Gasteiger partial charge on any atom is -0.330 e. The second kappa shape index (κ2) is 4.21. The summed E-state index contributed by atoms with van der Waals surface area (Å²) in [6.07, 6.45) is -1.14. The molecule has 2 saturated heterocycles. The van der Waals surface area contributed by atoms with Gasteiger partial charge in [0.05, 0.1) is 5.56 Å². The summed E-state index contributed by atoms with van der Waals surface area (Å²) in [5.41, 5.74) is 6.10. The molecule has 2 fully saturated rings. The zero-order chi connectivity index (χ0) is 13.7. The summed E-state index contributed by atoms with van der Waals surface area (Å²) in [7, 11) is 0. The Balaban J connectivity index is 1.93. The molecule has 1 aromatic rings. The predicted molar refractivity (Wildman–Crippen MR) is 66.7 cm³/mol. The highest BCUT2D eigenvalue weighted by molar-refractivity contribution is 5.35. The Morgan fingerprint density at radius 2 is 1.89 bits per heavy atom. The van der Waals surface area contributed by atoms with Crippen molar-refractivity contribution >= 4 is 0 Å². The summed E-state index contributed by atoms with van der Waals surface area (Å²) in [4.78, 5) is 0. The lowest BCUT2D eigenvalue weighted by Gasteiger charge is -2.36. The van der Waals surface area contributed by atoms with Gasteiger partial charge in [-0.25, -0.2) is 0 Å². The van der Waals surface area contributed by atoms with Crippen molar-refractivity contribution in [1.29, 1.82) is 0 Å². The maximum absolute atomic E-state index is 12.6. The molecule has 2 heterocycles. The number of halogens is 3. The van der Waals surface area contributed by atoms with E-state index in [0.29, 0.717) is 18.6 Å². The maximum Gasteiger partial charge on any atom is 0.416 e. The second-order valence-electron chi connectivity index (χ2n) is 5.63. The monoisotopic (exact) mass is 270 g/mol. The summed E-state index contributed by atoms with van der Waals surface area (Å²) >= 11 is 0. The van der Waals surface area contributed by atoms with Gasteiger partial charge in [-0.2, -0.15) is 13.2 Å². The number of alkyl halides is 3. The molecule has 0 aliphatic carbocycles. The van der Waals surface area contributed by atoms with Gasteiger partial charge in [0, 0.05) is 24.0 Å². The first-order chi connectivity index (χ1) is 8.95. The van der Waals surface area contributed by atoms with Crippen LogP contribution in [0.1, 0.15) is 30.4 Å². The van der Waals surface area contributed by atoms with E-state index in [-0.39, 0.29) is 5.41 Å². The van der Waals surface area contributed by atoms with Crippen molar-refractivity contribution in [1.82, 2.24) is 5.32 Å². The van der Waals surface area contributed by atoms with Crippen LogP contribution in [0.25, 0.3) is 0 Å². The molecule has 2 aliphatic rings. The van der Waals surface area contributed by atoms with E-state index < -0.39 is 11.7 Å². The van der Waals surface area contributed by atoms with Gasteiger partial charge in [-0.05, 0) is 37.0 Å². The van der Waals surface area contributed by atoms with E-state index in [0.717, 1.165) is 24.8 Å². The molecule has 104 valence electrons. The molecule has 2 aliphatic heterocycles. The van der Waals surface area contributed by atoms with Gasteiger partial charge in [0.15, 0.2) is 0 Å². The lowest BCUT2D eigenvalue weighted by atomic mass is 9.69. The zero-order valence-corrected chi connectivity index (χ0v) is 10.5. The number of benzene rings is 1. The number of nitrogens with two attached hydrogens (primary N) is 1. The highest BCUT2D eigenvalue weighted by Crippen LogP contribution is 2.45. The summed E-state index contributed by atoms with van der Waals surface area (Å²) in [6, 6.07) is 6.29. The largest absolute Gasteiger partial charge is 0.416 e. The minimum absolute atomic E-state index is 0.187. The lowest BCUT2D eigenvalue weighted by molar-refractivity contribution is -0.137. The normalized spacial score (nSPS) is 33.9. The summed E-state index contributed by atoms with van der Waals surface area (Å²) in [5.74, 6) is 0. The van der Waals surface area contributed by atoms with Crippen molar-refractivity contribution in [3.63, 3.8) is 0 Å². The molecule has 3 unspecified atom stereocenters. The Morgan fingerprint density at radius 1 is 1.21 bits per heavy atom. The van der Waals surface area contributed by atoms with Crippen LogP contribution in [0.2, 0.25) is 0 Å². The van der Waals surface area contributed by atoms with Gasteiger partial charge in [-0.3, -0.25) is 0 Å². The van der Waals surface area contributed by atoms with Crippen molar-refractivity contribution in [2.45, 2.75) is 42.9 Å². The molecule has 1 aromatic carbocycles. The topological polar surface area (TPSA) is 38.0 Å². The van der Waals surface area contributed by atoms with Gasteiger partial charge in [-0.15, -0.1) is 0 Å². The first kappa shape index (κ1) is 12.9. The predicted octanol–water partition coefficient (Wildman–Crippen LogP) is 2.43. The number of hydrogen-bond donors (Lipinski definition) is 2. The van der Waals surface area contributed by atoms with E-state index in [1.54, 1.807) is 12.1 Å². The smallest absolute Gasteiger partial charge is 0.330 e. The van der Waals surface area contributed by atoms with Crippen LogP contribution < -0.4 is 11.1 Å². The van der Waals surface area contributed by atoms with Crippen LogP contribution in [-0.4, -0.2) is 18.6 Å². The molecule has 0 aromatic heterocycles. The number of hydrogen-bond acceptors (Lipinski definition) is 2. The van der Waals surface area contributed by atoms with Crippen molar-refractivity contribution in [2.75, 3.05) is 6.54 Å². The van der Waals surface area contributed by atoms with Crippen molar-refractivity contribution < 1.29 is 13.2 Å². The van der Waals surface area contributed by atoms with Crippen LogP contribution in [0.15, 0.2) is 24.3 Å². The Morgan fingerprint density at radius 3 is 2.32 bits per heavy atom. The standard InChI is InChI=1S/C14H17F3N2/c15-14(16,17)10-3-1-9(2-4-10)13(8-18)7-11-5-6-12(13)19-11/h1-4,11-12,19H,5-8,18H2. The summed E-state index contributed by atoms with van der Waals surface area (Å²) in [6.45, 7) is 0.479. The van der Waals surface area contributed by atoms with Crippen LogP contribution >= 0.6 is 0 Å². The molecule has 0 radical (unpaired) electrons. The molecule has 3 atom stereocenters. The molecule has 3 N–H and O–H groups in total. The Labute approximate surface area is 110 Å². The minimum atomic E-state index is -4.28. The third-order valence-electron chi connectivity index (χ3n) is 4.67. The molecule has 0 amide bonds. The fraction of sp³-hybridized carbons (Fsp3) is 0.571. The maximum atomic E-state index is 12.6. The van der Waals surface area contributed by atoms with Crippen LogP contribution in [0.5, 0.6) is 0 Å². The van der Waals surface area contributed by atoms with Crippen molar-refractivity contribution in [3.8, 4) is 0 Å². The average Bonchev–Trinajstić information content (AvgIpc) is 2.98. The number of nitrogens with one attached hydrogen (secondary N) is 1. The van der Waals surface area contributed by atoms with E-state index in [4.69, 9.17) is 5.73 Å². The fourth-order valence-electron chi connectivity index (χ4n) is 3.65. The number of fused-ring (bicyclic) bond motifs is 2. The molecule has 2 nitrogen and oxygen atoms in total. The van der Waals surface area contributed by atoms with Crippen molar-refractivity contribution in [2.24, 2.45) is 5.73 Å². The summed E-state index contributed by atoms with van der Waals surface area (Å²) < 4.78 is 37.8. The van der Waals surface area contributed by atoms with E-state index in [2.05, 4.69) is 5.32 Å². The van der Waals surface area contributed by atoms with Crippen LogP contribution in [0, 0.1) is 0 Å². The van der Waals surface area contributed by atoms with E-state index in [9.17, 15) is 13.2 Å². The highest BCUT2D eigenvalue weighted by atomic mass is 19.4. The van der Waals surface area contributed by atoms with Gasteiger partial charge in [0.1, 0.15) is 0 Å². The quantitative estimate of drug-likeness (QED) is 0.866. The first-order valence-electron chi connectivity index (χ1n) is 6.59. The van der Waals surface area contributed by atoms with Gasteiger partial charge in [0.2, 0.25) is 0 Å². The molecule has 19 heavy (non-hydrogen) atoms. The molecule has 5 heteroatoms. The molecule has 0 saturated carbocycles.